The van der Waals surface area contributed by atoms with Gasteiger partial charge in [-0.25, -0.2) is 4.79 Å². The number of aromatic nitrogens is 1. The van der Waals surface area contributed by atoms with Crippen molar-refractivity contribution in [2.45, 2.75) is 6.92 Å². The number of esters is 1. The lowest BCUT2D eigenvalue weighted by molar-refractivity contribution is 0.0594. The second-order valence-electron chi connectivity index (χ2n) is 2.83. The summed E-state index contributed by atoms with van der Waals surface area (Å²) in [5.41, 5.74) is -1.04. The van der Waals surface area contributed by atoms with Crippen molar-refractivity contribution in [3.63, 3.8) is 0 Å². The van der Waals surface area contributed by atoms with Crippen LogP contribution in [0.2, 0.25) is 0 Å². The van der Waals surface area contributed by atoms with E-state index < -0.39 is 18.4 Å². The number of carbonyl (C=O) groups excluding carboxylic acids is 1. The number of nitrogens with one attached hydrogen (secondary N) is 1. The number of aromatic amines is 1. The van der Waals surface area contributed by atoms with E-state index in [1.165, 1.54) is 6.92 Å². The fraction of sp³-hybridized carbons (Fsp3) is 0.286. The van der Waals surface area contributed by atoms with E-state index in [-0.39, 0.29) is 11.4 Å². The molecule has 0 aromatic carbocycles. The molecule has 0 aliphatic heterocycles. The van der Waals surface area contributed by atoms with Crippen LogP contribution in [0, 0.1) is 6.92 Å². The van der Waals surface area contributed by atoms with E-state index in [1.54, 1.807) is 0 Å². The minimum atomic E-state index is -5.08. The molecule has 1 aromatic rings. The molecule has 7 heteroatoms. The molecule has 0 bridgehead atoms. The third-order valence-corrected chi connectivity index (χ3v) is 1.81. The molecule has 0 aliphatic rings. The molecule has 1 N–H and O–H groups in total. The number of methoxy groups -OCH3 is 1. The topological polar surface area (TPSA) is 42.1 Å². The lowest BCUT2D eigenvalue weighted by atomic mass is 9.80. The smallest absolute Gasteiger partial charge is 0.464 e. The first-order valence-electron chi connectivity index (χ1n) is 3.84. The van der Waals surface area contributed by atoms with Gasteiger partial charge in [0.2, 0.25) is 0 Å². The second-order valence-corrected chi connectivity index (χ2v) is 2.83. The highest BCUT2D eigenvalue weighted by atomic mass is 19.4. The van der Waals surface area contributed by atoms with E-state index in [0.29, 0.717) is 0 Å². The van der Waals surface area contributed by atoms with Crippen LogP contribution in [0.15, 0.2) is 6.07 Å². The molecule has 78 valence electrons. The Morgan fingerprint density at radius 3 is 2.43 bits per heavy atom. The summed E-state index contributed by atoms with van der Waals surface area (Å²) in [6, 6.07) is 0.765. The van der Waals surface area contributed by atoms with Crippen molar-refractivity contribution < 1.29 is 22.5 Å². The minimum absolute atomic E-state index is 0.0714. The quantitative estimate of drug-likeness (QED) is 0.582. The molecule has 1 heterocycles. The zero-order chi connectivity index (χ0) is 10.9. The molecule has 1 aromatic heterocycles. The molecule has 0 atom stereocenters. The molecule has 0 spiro atoms. The normalized spacial score (nSPS) is 11.5. The first-order chi connectivity index (χ1) is 6.36. The Kier molecular flexibility index (Phi) is 2.59. The van der Waals surface area contributed by atoms with E-state index in [4.69, 9.17) is 0 Å². The van der Waals surface area contributed by atoms with Gasteiger partial charge in [0.25, 0.3) is 0 Å². The van der Waals surface area contributed by atoms with Gasteiger partial charge in [-0.05, 0) is 12.6 Å². The minimum Gasteiger partial charge on any atom is -0.464 e. The maximum atomic E-state index is 12.3. The molecule has 0 saturated heterocycles. The molecule has 0 fully saturated rings. The fourth-order valence-corrected chi connectivity index (χ4v) is 1.13. The summed E-state index contributed by atoms with van der Waals surface area (Å²) >= 11 is 0. The molecule has 1 rings (SSSR count). The van der Waals surface area contributed by atoms with Crippen LogP contribution < -0.4 is 5.46 Å². The van der Waals surface area contributed by atoms with Crippen molar-refractivity contribution in [2.24, 2.45) is 0 Å². The average Bonchev–Trinajstić information content (AvgIpc) is 2.45. The number of carbonyl (C=O) groups is 1. The van der Waals surface area contributed by atoms with E-state index in [1.807, 2.05) is 0 Å². The Morgan fingerprint density at radius 1 is 1.50 bits per heavy atom. The highest BCUT2D eigenvalue weighted by molar-refractivity contribution is 6.74. The van der Waals surface area contributed by atoms with E-state index in [0.717, 1.165) is 13.2 Å². The molecule has 14 heavy (non-hydrogen) atoms. The predicted molar refractivity (Wildman–Crippen MR) is 45.6 cm³/mol. The molecule has 0 unspecified atom stereocenters. The van der Waals surface area contributed by atoms with Crippen molar-refractivity contribution in [2.75, 3.05) is 7.11 Å². The van der Waals surface area contributed by atoms with Crippen LogP contribution in [0.3, 0.4) is 0 Å². The number of halogens is 3. The van der Waals surface area contributed by atoms with Crippen molar-refractivity contribution in [1.82, 2.24) is 4.98 Å². The van der Waals surface area contributed by atoms with E-state index in [9.17, 15) is 17.7 Å². The van der Waals surface area contributed by atoms with Crippen LogP contribution in [0.1, 0.15) is 16.2 Å². The summed E-state index contributed by atoms with van der Waals surface area (Å²) in [6.45, 7) is -3.82. The van der Waals surface area contributed by atoms with Crippen molar-refractivity contribution in [3.05, 3.63) is 17.5 Å². The van der Waals surface area contributed by atoms with Gasteiger partial charge in [-0.2, -0.15) is 0 Å². The van der Waals surface area contributed by atoms with Crippen molar-refractivity contribution >= 4 is 18.4 Å². The van der Waals surface area contributed by atoms with Crippen LogP contribution >= 0.6 is 0 Å². The molecule has 0 radical (unpaired) electrons. The summed E-state index contributed by atoms with van der Waals surface area (Å²) in [7, 11) is 1.11. The van der Waals surface area contributed by atoms with Gasteiger partial charge in [0.05, 0.1) is 7.11 Å². The number of ether oxygens (including phenoxy) is 1. The molecule has 0 saturated carbocycles. The van der Waals surface area contributed by atoms with Crippen molar-refractivity contribution in [1.29, 1.82) is 0 Å². The van der Waals surface area contributed by atoms with Crippen LogP contribution in [-0.2, 0) is 4.74 Å². The lowest BCUT2D eigenvalue weighted by Gasteiger charge is -2.12. The Bertz CT molecular complexity index is 358. The van der Waals surface area contributed by atoms with Gasteiger partial charge >= 0.3 is 12.9 Å². The zero-order valence-corrected chi connectivity index (χ0v) is 7.61. The number of H-pyrrole nitrogens is 1. The maximum absolute atomic E-state index is 12.3. The van der Waals surface area contributed by atoms with Crippen LogP contribution in [0.5, 0.6) is 0 Å². The number of aryl methyl sites for hydroxylation is 1. The molecule has 0 aliphatic carbocycles. The van der Waals surface area contributed by atoms with Gasteiger partial charge < -0.3 is 22.7 Å². The zero-order valence-electron chi connectivity index (χ0n) is 7.61. The second kappa shape index (κ2) is 3.40. The third kappa shape index (κ3) is 1.91. The van der Waals surface area contributed by atoms with Crippen LogP contribution in [0.4, 0.5) is 12.9 Å². The maximum Gasteiger partial charge on any atom is 0.511 e. The van der Waals surface area contributed by atoms with E-state index in [2.05, 4.69) is 9.72 Å². The van der Waals surface area contributed by atoms with Gasteiger partial charge in [0.15, 0.2) is 0 Å². The SMILES string of the molecule is COC(=O)c1cc([B-](F)(F)F)c(C)[nH]1. The summed E-state index contributed by atoms with van der Waals surface area (Å²) in [4.78, 5) is 13.2. The highest BCUT2D eigenvalue weighted by Gasteiger charge is 2.29. The predicted octanol–water partition coefficient (Wildman–Crippen LogP) is 1.16. The van der Waals surface area contributed by atoms with Crippen LogP contribution in [0.25, 0.3) is 0 Å². The third-order valence-electron chi connectivity index (χ3n) is 1.81. The Labute approximate surface area is 78.3 Å². The summed E-state index contributed by atoms with van der Waals surface area (Å²) in [5.74, 6) is -0.806. The Morgan fingerprint density at radius 2 is 2.07 bits per heavy atom. The summed E-state index contributed by atoms with van der Waals surface area (Å²) < 4.78 is 41.2. The first-order valence-corrected chi connectivity index (χ1v) is 3.84. The summed E-state index contributed by atoms with van der Waals surface area (Å²) in [5, 5.41) is 0. The Balaban J connectivity index is 3.12. The number of hydrogen-bond donors (Lipinski definition) is 1. The molecule has 3 nitrogen and oxygen atoms in total. The van der Waals surface area contributed by atoms with Crippen LogP contribution in [-0.4, -0.2) is 25.0 Å². The Hall–Kier alpha value is -1.40. The van der Waals surface area contributed by atoms with Gasteiger partial charge in [0.1, 0.15) is 5.69 Å². The van der Waals surface area contributed by atoms with Gasteiger partial charge in [0, 0.05) is 0 Å². The molecular weight excluding hydrogens is 198 g/mol. The monoisotopic (exact) mass is 206 g/mol. The first kappa shape index (κ1) is 10.7. The summed E-state index contributed by atoms with van der Waals surface area (Å²) in [6.07, 6.45) is 0. The average molecular weight is 206 g/mol. The standard InChI is InChI=1S/C7H8BF3NO2/c1-4-5(8(9,10)11)3-6(12-4)7(13)14-2/h3,12H,1-2H3/q-1. The van der Waals surface area contributed by atoms with Gasteiger partial charge in [-0.3, -0.25) is 0 Å². The van der Waals surface area contributed by atoms with Gasteiger partial charge in [-0.1, -0.05) is 11.5 Å². The van der Waals surface area contributed by atoms with Crippen molar-refractivity contribution in [3.8, 4) is 0 Å². The van der Waals surface area contributed by atoms with Gasteiger partial charge in [-0.15, -0.1) is 0 Å². The molecule has 0 amide bonds. The highest BCUT2D eigenvalue weighted by Crippen LogP contribution is 2.13. The fourth-order valence-electron chi connectivity index (χ4n) is 1.13. The van der Waals surface area contributed by atoms with E-state index >= 15 is 0 Å². The number of rotatable bonds is 2. The largest absolute Gasteiger partial charge is 0.511 e. The lowest BCUT2D eigenvalue weighted by Crippen LogP contribution is -2.34. The number of hydrogen-bond acceptors (Lipinski definition) is 2. The molecular formula is C7H8BF3NO2-.